The predicted octanol–water partition coefficient (Wildman–Crippen LogP) is 5.39. The van der Waals surface area contributed by atoms with Crippen molar-refractivity contribution in [1.82, 2.24) is 4.72 Å². The van der Waals surface area contributed by atoms with E-state index in [9.17, 15) is 13.7 Å². The Kier molecular flexibility index (Phi) is 6.94. The van der Waals surface area contributed by atoms with Crippen LogP contribution in [-0.2, 0) is 10.0 Å². The Morgan fingerprint density at radius 2 is 1.67 bits per heavy atom. The van der Waals surface area contributed by atoms with Gasteiger partial charge in [0.1, 0.15) is 0 Å². The second-order valence-corrected chi connectivity index (χ2v) is 9.55. The summed E-state index contributed by atoms with van der Waals surface area (Å²) in [4.78, 5) is 0.233. The molecule has 0 heterocycles. The topological polar surface area (TPSA) is 70.0 Å². The quantitative estimate of drug-likeness (QED) is 0.537. The van der Waals surface area contributed by atoms with Crippen molar-refractivity contribution in [3.63, 3.8) is 0 Å². The first-order valence-electron chi connectivity index (χ1n) is 9.62. The van der Waals surface area contributed by atoms with E-state index in [-0.39, 0.29) is 23.3 Å². The van der Waals surface area contributed by atoms with Gasteiger partial charge in [0.25, 0.3) is 0 Å². The molecule has 6 heteroatoms. The van der Waals surface area contributed by atoms with Crippen molar-refractivity contribution in [2.24, 2.45) is 0 Å². The molecular formula is C24H23ClN2O2S. The van der Waals surface area contributed by atoms with Gasteiger partial charge in [-0.3, -0.25) is 0 Å². The maximum atomic E-state index is 12.8. The fourth-order valence-electron chi connectivity index (χ4n) is 3.42. The van der Waals surface area contributed by atoms with Gasteiger partial charge in [0.2, 0.25) is 10.0 Å². The van der Waals surface area contributed by atoms with E-state index in [4.69, 9.17) is 11.6 Å². The second-order valence-electron chi connectivity index (χ2n) is 7.35. The van der Waals surface area contributed by atoms with E-state index in [0.29, 0.717) is 10.6 Å². The molecule has 0 spiro atoms. The highest BCUT2D eigenvalue weighted by molar-refractivity contribution is 7.89. The fraction of sp³-hybridized carbons (Fsp3) is 0.208. The van der Waals surface area contributed by atoms with Gasteiger partial charge in [-0.1, -0.05) is 60.5 Å². The summed E-state index contributed by atoms with van der Waals surface area (Å²) in [7, 11) is -3.65. The van der Waals surface area contributed by atoms with Crippen LogP contribution in [-0.4, -0.2) is 15.0 Å². The number of rotatable bonds is 7. The summed E-state index contributed by atoms with van der Waals surface area (Å²) in [5.41, 5.74) is 3.49. The van der Waals surface area contributed by atoms with Gasteiger partial charge in [-0.25, -0.2) is 13.1 Å². The van der Waals surface area contributed by atoms with E-state index < -0.39 is 10.0 Å². The summed E-state index contributed by atoms with van der Waals surface area (Å²) in [5.74, 6) is -0.170. The van der Waals surface area contributed by atoms with Crippen LogP contribution >= 0.6 is 11.6 Å². The zero-order valence-corrected chi connectivity index (χ0v) is 18.4. The number of benzene rings is 3. The number of nitriles is 1. The van der Waals surface area contributed by atoms with Crippen LogP contribution in [0.4, 0.5) is 0 Å². The van der Waals surface area contributed by atoms with E-state index in [1.165, 1.54) is 0 Å². The highest BCUT2D eigenvalue weighted by Crippen LogP contribution is 2.33. The average Bonchev–Trinajstić information content (AvgIpc) is 2.74. The Balaban J connectivity index is 1.91. The van der Waals surface area contributed by atoms with Crippen LogP contribution in [0.5, 0.6) is 0 Å². The van der Waals surface area contributed by atoms with Gasteiger partial charge in [-0.2, -0.15) is 5.26 Å². The van der Waals surface area contributed by atoms with Crippen LogP contribution < -0.4 is 4.72 Å². The van der Waals surface area contributed by atoms with E-state index >= 15 is 0 Å². The molecule has 30 heavy (non-hydrogen) atoms. The maximum absolute atomic E-state index is 12.8. The van der Waals surface area contributed by atoms with E-state index in [2.05, 4.69) is 10.8 Å². The number of hydrogen-bond donors (Lipinski definition) is 1. The van der Waals surface area contributed by atoms with Crippen LogP contribution in [0.3, 0.4) is 0 Å². The maximum Gasteiger partial charge on any atom is 0.240 e. The monoisotopic (exact) mass is 438 g/mol. The standard InChI is InChI=1S/C24H23ClN2O2S/c1-17-6-12-23(13-7-17)30(28,29)27-16-24(21-5-3-4-19(14-21)15-26)18(2)20-8-10-22(25)11-9-20/h3-14,18,24,27H,16H2,1-2H3. The predicted molar refractivity (Wildman–Crippen MR) is 120 cm³/mol. The third-order valence-corrected chi connectivity index (χ3v) is 6.96. The third-order valence-electron chi connectivity index (χ3n) is 5.27. The molecule has 2 unspecified atom stereocenters. The van der Waals surface area contributed by atoms with E-state index in [1.54, 1.807) is 30.3 Å². The first-order valence-corrected chi connectivity index (χ1v) is 11.5. The molecule has 3 aromatic carbocycles. The van der Waals surface area contributed by atoms with Crippen LogP contribution in [0.25, 0.3) is 0 Å². The Hall–Kier alpha value is -2.65. The Morgan fingerprint density at radius 3 is 2.30 bits per heavy atom. The molecule has 3 aromatic rings. The number of aryl methyl sites for hydroxylation is 1. The van der Waals surface area contributed by atoms with Gasteiger partial charge in [-0.05, 0) is 60.4 Å². The summed E-state index contributed by atoms with van der Waals surface area (Å²) in [6.45, 7) is 4.16. The lowest BCUT2D eigenvalue weighted by atomic mass is 9.82. The summed E-state index contributed by atoms with van der Waals surface area (Å²) in [6.07, 6.45) is 0. The normalized spacial score (nSPS) is 13.4. The van der Waals surface area contributed by atoms with E-state index in [1.807, 2.05) is 56.3 Å². The average molecular weight is 439 g/mol. The smallest absolute Gasteiger partial charge is 0.211 e. The molecule has 0 aliphatic heterocycles. The number of hydrogen-bond acceptors (Lipinski definition) is 3. The molecule has 0 saturated carbocycles. The Morgan fingerprint density at radius 1 is 1.00 bits per heavy atom. The molecule has 1 N–H and O–H groups in total. The summed E-state index contributed by atoms with van der Waals surface area (Å²) in [6, 6.07) is 23.8. The minimum Gasteiger partial charge on any atom is -0.211 e. The molecule has 4 nitrogen and oxygen atoms in total. The largest absolute Gasteiger partial charge is 0.240 e. The summed E-state index contributed by atoms with van der Waals surface area (Å²) >= 11 is 6.02. The van der Waals surface area contributed by atoms with Crippen molar-refractivity contribution in [2.75, 3.05) is 6.54 Å². The molecule has 0 saturated heterocycles. The molecule has 0 aliphatic carbocycles. The minimum atomic E-state index is -3.65. The highest BCUT2D eigenvalue weighted by Gasteiger charge is 2.24. The zero-order chi connectivity index (χ0) is 21.7. The molecule has 0 amide bonds. The Bertz CT molecular complexity index is 1150. The molecule has 3 rings (SSSR count). The molecule has 0 fully saturated rings. The molecule has 0 bridgehead atoms. The fourth-order valence-corrected chi connectivity index (χ4v) is 4.61. The van der Waals surface area contributed by atoms with Crippen molar-refractivity contribution >= 4 is 21.6 Å². The van der Waals surface area contributed by atoms with Gasteiger partial charge in [0, 0.05) is 17.5 Å². The van der Waals surface area contributed by atoms with Crippen LogP contribution in [0.2, 0.25) is 5.02 Å². The molecule has 0 aromatic heterocycles. The van der Waals surface area contributed by atoms with Gasteiger partial charge >= 0.3 is 0 Å². The highest BCUT2D eigenvalue weighted by atomic mass is 35.5. The van der Waals surface area contributed by atoms with Crippen LogP contribution in [0, 0.1) is 18.3 Å². The zero-order valence-electron chi connectivity index (χ0n) is 16.8. The molecule has 0 radical (unpaired) electrons. The lowest BCUT2D eigenvalue weighted by Gasteiger charge is -2.25. The molecule has 0 aliphatic rings. The van der Waals surface area contributed by atoms with Crippen molar-refractivity contribution in [2.45, 2.75) is 30.6 Å². The first-order chi connectivity index (χ1) is 14.3. The summed E-state index contributed by atoms with van der Waals surface area (Å²) in [5, 5.41) is 9.93. The lowest BCUT2D eigenvalue weighted by Crippen LogP contribution is -2.30. The molecule has 154 valence electrons. The number of sulfonamides is 1. The molecular weight excluding hydrogens is 416 g/mol. The summed E-state index contributed by atoms with van der Waals surface area (Å²) < 4.78 is 28.4. The first kappa shape index (κ1) is 22.0. The molecule has 2 atom stereocenters. The SMILES string of the molecule is Cc1ccc(S(=O)(=O)NCC(c2cccc(C#N)c2)C(C)c2ccc(Cl)cc2)cc1. The minimum absolute atomic E-state index is 0.00285. The number of nitrogens with zero attached hydrogens (tertiary/aromatic N) is 1. The van der Waals surface area contributed by atoms with Gasteiger partial charge < -0.3 is 0 Å². The van der Waals surface area contributed by atoms with Gasteiger partial charge in [0.15, 0.2) is 0 Å². The van der Waals surface area contributed by atoms with Crippen molar-refractivity contribution in [3.05, 3.63) is 100 Å². The van der Waals surface area contributed by atoms with Crippen molar-refractivity contribution in [1.29, 1.82) is 5.26 Å². The van der Waals surface area contributed by atoms with Gasteiger partial charge in [-0.15, -0.1) is 0 Å². The lowest BCUT2D eigenvalue weighted by molar-refractivity contribution is 0.539. The number of halogens is 1. The van der Waals surface area contributed by atoms with Crippen molar-refractivity contribution < 1.29 is 8.42 Å². The van der Waals surface area contributed by atoms with Gasteiger partial charge in [0.05, 0.1) is 16.5 Å². The Labute approximate surface area is 183 Å². The third kappa shape index (κ3) is 5.28. The second kappa shape index (κ2) is 9.44. The van der Waals surface area contributed by atoms with Crippen LogP contribution in [0.1, 0.15) is 41.0 Å². The van der Waals surface area contributed by atoms with Crippen LogP contribution in [0.15, 0.2) is 77.7 Å². The van der Waals surface area contributed by atoms with E-state index in [0.717, 1.165) is 16.7 Å². The van der Waals surface area contributed by atoms with Crippen molar-refractivity contribution in [3.8, 4) is 6.07 Å². The number of nitrogens with one attached hydrogen (secondary N) is 1.